The highest BCUT2D eigenvalue weighted by Gasteiger charge is 2.17. The van der Waals surface area contributed by atoms with Gasteiger partial charge >= 0.3 is 0 Å². The lowest BCUT2D eigenvalue weighted by atomic mass is 9.92. The van der Waals surface area contributed by atoms with E-state index < -0.39 is 0 Å². The molecule has 0 saturated heterocycles. The Bertz CT molecular complexity index is 1950. The maximum absolute atomic E-state index is 13.8. The molecule has 0 aliphatic heterocycles. The van der Waals surface area contributed by atoms with E-state index in [1.807, 2.05) is 30.5 Å². The highest BCUT2D eigenvalue weighted by atomic mass is 19.1. The molecule has 0 spiro atoms. The second-order valence-electron chi connectivity index (χ2n) is 9.54. The Balaban J connectivity index is 1.54. The van der Waals surface area contributed by atoms with Gasteiger partial charge in [0.1, 0.15) is 17.0 Å². The zero-order valence-corrected chi connectivity index (χ0v) is 19.5. The molecular weight excluding hydrogens is 433 g/mol. The molecule has 0 unspecified atom stereocenters. The van der Waals surface area contributed by atoms with Crippen molar-refractivity contribution in [3.8, 4) is 11.3 Å². The molecule has 5 aromatic carbocycles. The first-order valence-corrected chi connectivity index (χ1v) is 11.9. The van der Waals surface area contributed by atoms with Gasteiger partial charge in [0.2, 0.25) is 0 Å². The third-order valence-electron chi connectivity index (χ3n) is 7.12. The largest absolute Gasteiger partial charge is 0.456 e. The summed E-state index contributed by atoms with van der Waals surface area (Å²) in [5.74, 6) is 0.0906. The van der Waals surface area contributed by atoms with E-state index >= 15 is 0 Å². The Morgan fingerprint density at radius 3 is 2.31 bits per heavy atom. The molecule has 0 saturated carbocycles. The SMILES string of the molecule is CC(C)c1cc(-c2nccc3c2ccc2c4ccc(F)cc4ccc32)cc2c1oc1ccccc12. The molecule has 0 radical (unpaired) electrons. The number of para-hydroxylation sites is 1. The predicted molar refractivity (Wildman–Crippen MR) is 144 cm³/mol. The summed E-state index contributed by atoms with van der Waals surface area (Å²) in [6, 6.07) is 28.1. The number of pyridine rings is 1. The summed E-state index contributed by atoms with van der Waals surface area (Å²) in [6.07, 6.45) is 1.89. The monoisotopic (exact) mass is 455 g/mol. The zero-order chi connectivity index (χ0) is 23.7. The van der Waals surface area contributed by atoms with Gasteiger partial charge in [-0.3, -0.25) is 4.98 Å². The zero-order valence-electron chi connectivity index (χ0n) is 19.5. The van der Waals surface area contributed by atoms with Crippen LogP contribution < -0.4 is 0 Å². The van der Waals surface area contributed by atoms with E-state index in [2.05, 4.69) is 62.4 Å². The Labute approximate surface area is 201 Å². The number of aromatic nitrogens is 1. The predicted octanol–water partition coefficient (Wildman–Crippen LogP) is 9.37. The number of hydrogen-bond donors (Lipinski definition) is 0. The number of rotatable bonds is 2. The molecule has 35 heavy (non-hydrogen) atoms. The van der Waals surface area contributed by atoms with Crippen LogP contribution in [0.25, 0.3) is 65.5 Å². The average molecular weight is 456 g/mol. The minimum absolute atomic E-state index is 0.216. The van der Waals surface area contributed by atoms with Gasteiger partial charge in [-0.2, -0.15) is 0 Å². The fourth-order valence-electron chi connectivity index (χ4n) is 5.43. The van der Waals surface area contributed by atoms with E-state index in [9.17, 15) is 4.39 Å². The molecule has 0 bridgehead atoms. The van der Waals surface area contributed by atoms with Crippen molar-refractivity contribution >= 4 is 54.3 Å². The first-order valence-electron chi connectivity index (χ1n) is 11.9. The summed E-state index contributed by atoms with van der Waals surface area (Å²) in [5, 5.41) is 8.70. The molecule has 2 heterocycles. The van der Waals surface area contributed by atoms with Gasteiger partial charge in [0.05, 0.1) is 5.69 Å². The van der Waals surface area contributed by atoms with Crippen molar-refractivity contribution in [2.45, 2.75) is 19.8 Å². The van der Waals surface area contributed by atoms with Gasteiger partial charge in [0.25, 0.3) is 0 Å². The molecule has 2 aromatic heterocycles. The van der Waals surface area contributed by atoms with Crippen LogP contribution >= 0.6 is 0 Å². The van der Waals surface area contributed by atoms with Gasteiger partial charge in [-0.15, -0.1) is 0 Å². The van der Waals surface area contributed by atoms with Crippen molar-refractivity contribution in [1.29, 1.82) is 0 Å². The quantitative estimate of drug-likeness (QED) is 0.243. The minimum atomic E-state index is -0.216. The first-order chi connectivity index (χ1) is 17.1. The summed E-state index contributed by atoms with van der Waals surface area (Å²) >= 11 is 0. The van der Waals surface area contributed by atoms with E-state index in [-0.39, 0.29) is 5.82 Å². The van der Waals surface area contributed by atoms with Crippen molar-refractivity contribution in [1.82, 2.24) is 4.98 Å². The van der Waals surface area contributed by atoms with E-state index in [1.54, 1.807) is 6.07 Å². The van der Waals surface area contributed by atoms with Crippen molar-refractivity contribution in [3.63, 3.8) is 0 Å². The molecule has 2 nitrogen and oxygen atoms in total. The van der Waals surface area contributed by atoms with Crippen LogP contribution in [-0.2, 0) is 0 Å². The summed E-state index contributed by atoms with van der Waals surface area (Å²) in [6.45, 7) is 4.40. The Hall–Kier alpha value is -4.24. The van der Waals surface area contributed by atoms with Crippen LogP contribution in [0.15, 0.2) is 95.5 Å². The van der Waals surface area contributed by atoms with Crippen LogP contribution in [-0.4, -0.2) is 4.98 Å². The molecule has 7 aromatic rings. The van der Waals surface area contributed by atoms with E-state index in [0.29, 0.717) is 5.92 Å². The molecule has 0 atom stereocenters. The maximum atomic E-state index is 13.8. The second-order valence-corrected chi connectivity index (χ2v) is 9.54. The third-order valence-corrected chi connectivity index (χ3v) is 7.12. The Kier molecular flexibility index (Phi) is 4.25. The molecular formula is C32H22FNO. The number of furan rings is 1. The lowest BCUT2D eigenvalue weighted by Crippen LogP contribution is -1.92. The van der Waals surface area contributed by atoms with Gasteiger partial charge < -0.3 is 4.42 Å². The van der Waals surface area contributed by atoms with Crippen LogP contribution in [0.4, 0.5) is 4.39 Å². The molecule has 0 aliphatic rings. The Morgan fingerprint density at radius 2 is 1.43 bits per heavy atom. The molecule has 0 N–H and O–H groups in total. The van der Waals surface area contributed by atoms with E-state index in [1.165, 1.54) is 11.6 Å². The second kappa shape index (κ2) is 7.38. The molecule has 3 heteroatoms. The van der Waals surface area contributed by atoms with Crippen LogP contribution in [0.5, 0.6) is 0 Å². The molecule has 0 fully saturated rings. The van der Waals surface area contributed by atoms with E-state index in [0.717, 1.165) is 65.5 Å². The van der Waals surface area contributed by atoms with Crippen LogP contribution in [0.1, 0.15) is 25.3 Å². The van der Waals surface area contributed by atoms with Crippen molar-refractivity contribution < 1.29 is 8.81 Å². The smallest absolute Gasteiger partial charge is 0.138 e. The lowest BCUT2D eigenvalue weighted by Gasteiger charge is -2.13. The lowest BCUT2D eigenvalue weighted by molar-refractivity contribution is 0.630. The number of benzene rings is 5. The molecule has 168 valence electrons. The number of hydrogen-bond acceptors (Lipinski definition) is 2. The first kappa shape index (κ1) is 20.2. The van der Waals surface area contributed by atoms with Gasteiger partial charge in [-0.25, -0.2) is 4.39 Å². The van der Waals surface area contributed by atoms with Crippen LogP contribution in [0.3, 0.4) is 0 Å². The van der Waals surface area contributed by atoms with Crippen LogP contribution in [0, 0.1) is 5.82 Å². The number of nitrogens with zero attached hydrogens (tertiary/aromatic N) is 1. The van der Waals surface area contributed by atoms with Gasteiger partial charge in [0.15, 0.2) is 0 Å². The highest BCUT2D eigenvalue weighted by molar-refractivity contribution is 6.19. The minimum Gasteiger partial charge on any atom is -0.456 e. The van der Waals surface area contributed by atoms with Gasteiger partial charge in [-0.05, 0) is 74.8 Å². The highest BCUT2D eigenvalue weighted by Crippen LogP contribution is 2.40. The van der Waals surface area contributed by atoms with Gasteiger partial charge in [0, 0.05) is 27.9 Å². The standard InChI is InChI=1S/C32H22FNO/c1-18(2)28-16-20(17-29-26-5-3-4-6-30(26)35-32(28)29)31-27-12-11-23-22-10-8-21(33)15-19(22)7-9-24(23)25(27)13-14-34-31/h3-18H,1-2H3. The summed E-state index contributed by atoms with van der Waals surface area (Å²) < 4.78 is 20.1. The average Bonchev–Trinajstić information content (AvgIpc) is 3.25. The Morgan fingerprint density at radius 1 is 0.686 bits per heavy atom. The topological polar surface area (TPSA) is 26.0 Å². The van der Waals surface area contributed by atoms with Crippen molar-refractivity contribution in [3.05, 3.63) is 103 Å². The van der Waals surface area contributed by atoms with Gasteiger partial charge in [-0.1, -0.05) is 62.4 Å². The number of halogens is 1. The summed E-state index contributed by atoms with van der Waals surface area (Å²) in [7, 11) is 0. The molecule has 0 amide bonds. The fourth-order valence-corrected chi connectivity index (χ4v) is 5.43. The normalized spacial score (nSPS) is 12.1. The number of fused-ring (bicyclic) bond motifs is 8. The van der Waals surface area contributed by atoms with Crippen molar-refractivity contribution in [2.75, 3.05) is 0 Å². The van der Waals surface area contributed by atoms with Crippen molar-refractivity contribution in [2.24, 2.45) is 0 Å². The molecule has 0 aliphatic carbocycles. The van der Waals surface area contributed by atoms with E-state index in [4.69, 9.17) is 9.40 Å². The summed E-state index contributed by atoms with van der Waals surface area (Å²) in [5.41, 5.74) is 5.08. The maximum Gasteiger partial charge on any atom is 0.138 e. The van der Waals surface area contributed by atoms with Crippen LogP contribution in [0.2, 0.25) is 0 Å². The molecule has 7 rings (SSSR count). The third kappa shape index (κ3) is 2.98. The summed E-state index contributed by atoms with van der Waals surface area (Å²) in [4.78, 5) is 4.85. The fraction of sp³-hybridized carbons (Fsp3) is 0.0938.